The predicted octanol–water partition coefficient (Wildman–Crippen LogP) is 1.33. The van der Waals surface area contributed by atoms with E-state index in [2.05, 4.69) is 5.32 Å². The van der Waals surface area contributed by atoms with Crippen molar-refractivity contribution in [2.45, 2.75) is 19.2 Å². The predicted molar refractivity (Wildman–Crippen MR) is 58.9 cm³/mol. The summed E-state index contributed by atoms with van der Waals surface area (Å²) in [6, 6.07) is 3.58. The molecule has 1 N–H and O–H groups in total. The SMILES string of the molecule is CC(=O)NC1OC(=O)N(C)C1c1cccs1. The Morgan fingerprint density at radius 1 is 1.62 bits per heavy atom. The lowest BCUT2D eigenvalue weighted by Crippen LogP contribution is -2.38. The molecule has 16 heavy (non-hydrogen) atoms. The number of hydrogen-bond donors (Lipinski definition) is 1. The van der Waals surface area contributed by atoms with Crippen molar-refractivity contribution in [3.8, 4) is 0 Å². The molecule has 2 amide bonds. The molecule has 2 unspecified atom stereocenters. The van der Waals surface area contributed by atoms with Gasteiger partial charge in [0, 0.05) is 18.8 Å². The molecule has 0 aromatic carbocycles. The van der Waals surface area contributed by atoms with Crippen molar-refractivity contribution < 1.29 is 14.3 Å². The summed E-state index contributed by atoms with van der Waals surface area (Å²) in [5.74, 6) is -0.213. The molecular weight excluding hydrogens is 228 g/mol. The molecule has 6 heteroatoms. The van der Waals surface area contributed by atoms with Crippen LogP contribution in [0.3, 0.4) is 0 Å². The highest BCUT2D eigenvalue weighted by molar-refractivity contribution is 7.10. The van der Waals surface area contributed by atoms with E-state index in [1.54, 1.807) is 7.05 Å². The van der Waals surface area contributed by atoms with Crippen LogP contribution in [-0.4, -0.2) is 30.2 Å². The topological polar surface area (TPSA) is 58.6 Å². The first-order valence-electron chi connectivity index (χ1n) is 4.83. The Morgan fingerprint density at radius 3 is 2.94 bits per heavy atom. The van der Waals surface area contributed by atoms with Gasteiger partial charge in [-0.1, -0.05) is 6.07 Å². The number of rotatable bonds is 2. The summed E-state index contributed by atoms with van der Waals surface area (Å²) in [5.41, 5.74) is 0. The van der Waals surface area contributed by atoms with Crippen LogP contribution in [0, 0.1) is 0 Å². The van der Waals surface area contributed by atoms with Gasteiger partial charge in [-0.05, 0) is 11.4 Å². The van der Waals surface area contributed by atoms with E-state index in [4.69, 9.17) is 4.74 Å². The van der Waals surface area contributed by atoms with Crippen LogP contribution in [0.25, 0.3) is 0 Å². The fraction of sp³-hybridized carbons (Fsp3) is 0.400. The van der Waals surface area contributed by atoms with Gasteiger partial charge in [-0.15, -0.1) is 11.3 Å². The maximum atomic E-state index is 11.4. The Labute approximate surface area is 97.0 Å². The Hall–Kier alpha value is -1.56. The lowest BCUT2D eigenvalue weighted by atomic mass is 10.2. The second kappa shape index (κ2) is 4.13. The van der Waals surface area contributed by atoms with Gasteiger partial charge in [-0.3, -0.25) is 9.69 Å². The molecule has 2 heterocycles. The van der Waals surface area contributed by atoms with Gasteiger partial charge in [0.25, 0.3) is 0 Å². The first-order chi connectivity index (χ1) is 7.59. The highest BCUT2D eigenvalue weighted by atomic mass is 32.1. The minimum atomic E-state index is -0.603. The van der Waals surface area contributed by atoms with E-state index in [1.807, 2.05) is 17.5 Å². The van der Waals surface area contributed by atoms with Gasteiger partial charge in [0.2, 0.25) is 12.1 Å². The number of ether oxygens (including phenoxy) is 1. The van der Waals surface area contributed by atoms with Crippen molar-refractivity contribution in [2.75, 3.05) is 7.05 Å². The molecular formula is C10H12N2O3S. The second-order valence-electron chi connectivity index (χ2n) is 3.58. The summed E-state index contributed by atoms with van der Waals surface area (Å²) in [7, 11) is 1.66. The van der Waals surface area contributed by atoms with E-state index in [1.165, 1.54) is 23.2 Å². The Kier molecular flexibility index (Phi) is 2.82. The van der Waals surface area contributed by atoms with Gasteiger partial charge in [0.1, 0.15) is 6.04 Å². The fourth-order valence-corrected chi connectivity index (χ4v) is 2.57. The first-order valence-corrected chi connectivity index (χ1v) is 5.71. The normalized spacial score (nSPS) is 24.4. The number of nitrogens with one attached hydrogen (secondary N) is 1. The van der Waals surface area contributed by atoms with Crippen LogP contribution in [0.1, 0.15) is 17.8 Å². The van der Waals surface area contributed by atoms with Gasteiger partial charge in [0.15, 0.2) is 0 Å². The van der Waals surface area contributed by atoms with Crippen LogP contribution in [0.4, 0.5) is 4.79 Å². The number of cyclic esters (lactones) is 1. The van der Waals surface area contributed by atoms with Gasteiger partial charge >= 0.3 is 6.09 Å². The highest BCUT2D eigenvalue weighted by Gasteiger charge is 2.41. The van der Waals surface area contributed by atoms with Crippen LogP contribution in [0.15, 0.2) is 17.5 Å². The third-order valence-electron chi connectivity index (χ3n) is 2.40. The number of hydrogen-bond acceptors (Lipinski definition) is 4. The van der Waals surface area contributed by atoms with Gasteiger partial charge in [0.05, 0.1) is 0 Å². The molecule has 0 saturated carbocycles. The Morgan fingerprint density at radius 2 is 2.38 bits per heavy atom. The molecule has 5 nitrogen and oxygen atoms in total. The van der Waals surface area contributed by atoms with Crippen molar-refractivity contribution in [3.05, 3.63) is 22.4 Å². The molecule has 1 aromatic rings. The van der Waals surface area contributed by atoms with Crippen molar-refractivity contribution >= 4 is 23.3 Å². The zero-order chi connectivity index (χ0) is 11.7. The largest absolute Gasteiger partial charge is 0.423 e. The lowest BCUT2D eigenvalue weighted by Gasteiger charge is -2.20. The van der Waals surface area contributed by atoms with E-state index >= 15 is 0 Å². The molecule has 2 atom stereocenters. The molecule has 1 aliphatic heterocycles. The molecule has 0 bridgehead atoms. The molecule has 0 aliphatic carbocycles. The number of thiophene rings is 1. The molecule has 0 spiro atoms. The maximum Gasteiger partial charge on any atom is 0.412 e. The summed E-state index contributed by atoms with van der Waals surface area (Å²) in [6.45, 7) is 1.40. The van der Waals surface area contributed by atoms with E-state index in [9.17, 15) is 9.59 Å². The number of amides is 2. The maximum absolute atomic E-state index is 11.4. The Bertz CT molecular complexity index is 402. The van der Waals surface area contributed by atoms with E-state index in [0.717, 1.165) is 4.88 Å². The third-order valence-corrected chi connectivity index (χ3v) is 3.34. The van der Waals surface area contributed by atoms with Gasteiger partial charge < -0.3 is 10.1 Å². The molecule has 2 rings (SSSR count). The van der Waals surface area contributed by atoms with Crippen LogP contribution in [0.2, 0.25) is 0 Å². The quantitative estimate of drug-likeness (QED) is 0.848. The van der Waals surface area contributed by atoms with Crippen molar-refractivity contribution in [2.24, 2.45) is 0 Å². The number of likely N-dealkylation sites (N-methyl/N-ethyl adjacent to an activating group) is 1. The summed E-state index contributed by atoms with van der Waals surface area (Å²) in [5, 5.41) is 4.55. The third kappa shape index (κ3) is 1.88. The van der Waals surface area contributed by atoms with Gasteiger partial charge in [-0.2, -0.15) is 0 Å². The van der Waals surface area contributed by atoms with Gasteiger partial charge in [-0.25, -0.2) is 4.79 Å². The molecule has 1 saturated heterocycles. The summed E-state index contributed by atoms with van der Waals surface area (Å²) in [4.78, 5) is 24.9. The monoisotopic (exact) mass is 240 g/mol. The lowest BCUT2D eigenvalue weighted by molar-refractivity contribution is -0.121. The van der Waals surface area contributed by atoms with Crippen molar-refractivity contribution in [1.29, 1.82) is 0 Å². The zero-order valence-corrected chi connectivity index (χ0v) is 9.78. The first kappa shape index (κ1) is 10.9. The molecule has 1 aliphatic rings. The molecule has 0 radical (unpaired) electrons. The standard InChI is InChI=1S/C10H12N2O3S/c1-6(13)11-9-8(7-4-3-5-16-7)12(2)10(14)15-9/h3-5,8-9H,1-2H3,(H,11,13). The summed E-state index contributed by atoms with van der Waals surface area (Å²) < 4.78 is 5.08. The van der Waals surface area contributed by atoms with Crippen LogP contribution >= 0.6 is 11.3 Å². The van der Waals surface area contributed by atoms with Crippen LogP contribution in [-0.2, 0) is 9.53 Å². The minimum Gasteiger partial charge on any atom is -0.423 e. The highest BCUT2D eigenvalue weighted by Crippen LogP contribution is 2.33. The molecule has 1 fully saturated rings. The average Bonchev–Trinajstić information content (AvgIpc) is 2.76. The fourth-order valence-electron chi connectivity index (χ4n) is 1.68. The van der Waals surface area contributed by atoms with E-state index in [-0.39, 0.29) is 11.9 Å². The number of carbonyl (C=O) groups excluding carboxylic acids is 2. The smallest absolute Gasteiger partial charge is 0.412 e. The van der Waals surface area contributed by atoms with E-state index < -0.39 is 12.3 Å². The van der Waals surface area contributed by atoms with Crippen LogP contribution < -0.4 is 5.32 Å². The second-order valence-corrected chi connectivity index (χ2v) is 4.56. The zero-order valence-electron chi connectivity index (χ0n) is 8.97. The Balaban J connectivity index is 2.24. The van der Waals surface area contributed by atoms with Crippen molar-refractivity contribution in [1.82, 2.24) is 10.2 Å². The summed E-state index contributed by atoms with van der Waals surface area (Å²) in [6.07, 6.45) is -1.02. The average molecular weight is 240 g/mol. The van der Waals surface area contributed by atoms with E-state index in [0.29, 0.717) is 0 Å². The minimum absolute atomic E-state index is 0.213. The number of carbonyl (C=O) groups is 2. The van der Waals surface area contributed by atoms with Crippen molar-refractivity contribution in [3.63, 3.8) is 0 Å². The van der Waals surface area contributed by atoms with Crippen LogP contribution in [0.5, 0.6) is 0 Å². The molecule has 86 valence electrons. The summed E-state index contributed by atoms with van der Waals surface area (Å²) >= 11 is 1.53. The molecule has 1 aromatic heterocycles. The number of nitrogens with zero attached hydrogens (tertiary/aromatic N) is 1.